The monoisotopic (exact) mass is 491 g/mol. The van der Waals surface area contributed by atoms with Crippen LogP contribution in [0.25, 0.3) is 11.4 Å². The fourth-order valence-electron chi connectivity index (χ4n) is 3.14. The quantitative estimate of drug-likeness (QED) is 0.344. The van der Waals surface area contributed by atoms with Gasteiger partial charge in [0.15, 0.2) is 28.4 Å². The van der Waals surface area contributed by atoms with Crippen LogP contribution in [0, 0.1) is 24.4 Å². The van der Waals surface area contributed by atoms with Crippen molar-refractivity contribution in [3.63, 3.8) is 0 Å². The molecule has 0 saturated heterocycles. The number of aryl methyl sites for hydroxylation is 1. The van der Waals surface area contributed by atoms with E-state index in [-0.39, 0.29) is 0 Å². The lowest BCUT2D eigenvalue weighted by molar-refractivity contribution is -0.123. The van der Waals surface area contributed by atoms with Gasteiger partial charge in [0.05, 0.1) is 17.5 Å². The molecular weight excluding hydrogens is 467 g/mol. The lowest BCUT2D eigenvalue weighted by Gasteiger charge is -2.14. The highest BCUT2D eigenvalue weighted by Crippen LogP contribution is 2.27. The van der Waals surface area contributed by atoms with Gasteiger partial charge in [0, 0.05) is 12.1 Å². The molecule has 0 saturated carbocycles. The molecule has 1 aromatic heterocycles. The van der Waals surface area contributed by atoms with Gasteiger partial charge in [0.2, 0.25) is 11.8 Å². The van der Waals surface area contributed by atoms with Gasteiger partial charge in [-0.05, 0) is 38.5 Å². The van der Waals surface area contributed by atoms with E-state index in [1.807, 2.05) is 42.7 Å². The second-order valence-corrected chi connectivity index (χ2v) is 8.88. The summed E-state index contributed by atoms with van der Waals surface area (Å²) in [5.74, 6) is -5.10. The number of nitrogens with zero attached hydrogens (tertiary/aromatic N) is 3. The summed E-state index contributed by atoms with van der Waals surface area (Å²) < 4.78 is 42.0. The lowest BCUT2D eigenvalue weighted by Crippen LogP contribution is -2.37. The van der Waals surface area contributed by atoms with Crippen molar-refractivity contribution < 1.29 is 22.8 Å². The fourth-order valence-corrected chi connectivity index (χ4v) is 4.04. The van der Waals surface area contributed by atoms with Gasteiger partial charge in [-0.1, -0.05) is 42.4 Å². The van der Waals surface area contributed by atoms with Crippen molar-refractivity contribution >= 4 is 29.3 Å². The zero-order valence-corrected chi connectivity index (χ0v) is 19.7. The van der Waals surface area contributed by atoms with Crippen LogP contribution in [0.5, 0.6) is 0 Å². The Balaban J connectivity index is 1.62. The van der Waals surface area contributed by atoms with Crippen LogP contribution in [0.1, 0.15) is 25.8 Å². The molecule has 0 bridgehead atoms. The molecule has 11 heteroatoms. The first-order chi connectivity index (χ1) is 16.2. The van der Waals surface area contributed by atoms with E-state index >= 15 is 0 Å². The van der Waals surface area contributed by atoms with Crippen molar-refractivity contribution in [1.82, 2.24) is 20.1 Å². The minimum atomic E-state index is -1.69. The molecule has 2 amide bonds. The summed E-state index contributed by atoms with van der Waals surface area (Å²) in [4.78, 5) is 24.5. The smallest absolute Gasteiger partial charge is 0.243 e. The van der Waals surface area contributed by atoms with E-state index in [2.05, 4.69) is 20.8 Å². The standard InChI is InChI=1S/C23H24F3N5O2S/c1-4-10-31-21(15-7-5-6-13(2)11-15)29-30-23(31)34-14(3)22(33)27-12-18(32)28-17-9-8-16(24)19(25)20(17)26/h5-9,11,14H,4,10,12H2,1-3H3,(H,27,33)(H,28,32). The second-order valence-electron chi connectivity index (χ2n) is 7.58. The van der Waals surface area contributed by atoms with Gasteiger partial charge < -0.3 is 15.2 Å². The lowest BCUT2D eigenvalue weighted by atomic mass is 10.1. The Morgan fingerprint density at radius 3 is 2.59 bits per heavy atom. The number of carbonyl (C=O) groups excluding carboxylic acids is 2. The SMILES string of the molecule is CCCn1c(SC(C)C(=O)NCC(=O)Nc2ccc(F)c(F)c2F)nnc1-c1cccc(C)c1. The molecule has 2 aromatic carbocycles. The number of nitrogens with one attached hydrogen (secondary N) is 2. The van der Waals surface area contributed by atoms with Gasteiger partial charge in [-0.2, -0.15) is 0 Å². The van der Waals surface area contributed by atoms with E-state index < -0.39 is 46.7 Å². The first-order valence-electron chi connectivity index (χ1n) is 10.6. The molecule has 0 aliphatic carbocycles. The molecule has 1 unspecified atom stereocenters. The molecule has 0 aliphatic heterocycles. The normalized spacial score (nSPS) is 11.8. The molecular formula is C23H24F3N5O2S. The van der Waals surface area contributed by atoms with E-state index in [9.17, 15) is 22.8 Å². The van der Waals surface area contributed by atoms with Crippen LogP contribution in [-0.2, 0) is 16.1 Å². The predicted octanol–water partition coefficient (Wildman–Crippen LogP) is 4.32. The zero-order valence-electron chi connectivity index (χ0n) is 18.9. The molecule has 180 valence electrons. The summed E-state index contributed by atoms with van der Waals surface area (Å²) in [6.07, 6.45) is 0.839. The minimum absolute atomic E-state index is 0.450. The van der Waals surface area contributed by atoms with Crippen molar-refractivity contribution in [2.24, 2.45) is 0 Å². The number of amides is 2. The number of benzene rings is 2. The molecule has 0 aliphatic rings. The molecule has 7 nitrogen and oxygen atoms in total. The largest absolute Gasteiger partial charge is 0.346 e. The van der Waals surface area contributed by atoms with Crippen molar-refractivity contribution in [2.45, 2.75) is 44.1 Å². The number of hydrogen-bond donors (Lipinski definition) is 2. The van der Waals surface area contributed by atoms with Gasteiger partial charge in [0.1, 0.15) is 0 Å². The second kappa shape index (κ2) is 11.2. The van der Waals surface area contributed by atoms with Gasteiger partial charge in [-0.25, -0.2) is 13.2 Å². The number of hydrogen-bond acceptors (Lipinski definition) is 5. The predicted molar refractivity (Wildman–Crippen MR) is 124 cm³/mol. The number of thioether (sulfide) groups is 1. The van der Waals surface area contributed by atoms with E-state index in [4.69, 9.17) is 0 Å². The Morgan fingerprint density at radius 2 is 1.88 bits per heavy atom. The van der Waals surface area contributed by atoms with Gasteiger partial charge in [-0.3, -0.25) is 9.59 Å². The average Bonchev–Trinajstić information content (AvgIpc) is 3.20. The topological polar surface area (TPSA) is 88.9 Å². The fraction of sp³-hybridized carbons (Fsp3) is 0.304. The molecule has 34 heavy (non-hydrogen) atoms. The molecule has 3 rings (SSSR count). The Labute approximate surface area is 199 Å². The van der Waals surface area contributed by atoms with Crippen LogP contribution in [0.4, 0.5) is 18.9 Å². The number of anilines is 1. The van der Waals surface area contributed by atoms with Gasteiger partial charge in [0.25, 0.3) is 0 Å². The molecule has 0 spiro atoms. The van der Waals surface area contributed by atoms with E-state index in [0.29, 0.717) is 23.6 Å². The molecule has 0 radical (unpaired) electrons. The summed E-state index contributed by atoms with van der Waals surface area (Å²) in [6.45, 7) is 5.86. The van der Waals surface area contributed by atoms with Crippen LogP contribution < -0.4 is 10.6 Å². The Bertz CT molecular complexity index is 1200. The summed E-state index contributed by atoms with van der Waals surface area (Å²) in [6, 6.07) is 9.48. The minimum Gasteiger partial charge on any atom is -0.346 e. The molecule has 0 fully saturated rings. The Hall–Kier alpha value is -3.34. The highest BCUT2D eigenvalue weighted by Gasteiger charge is 2.22. The Morgan fingerprint density at radius 1 is 1.12 bits per heavy atom. The van der Waals surface area contributed by atoms with Crippen LogP contribution in [0.15, 0.2) is 41.6 Å². The first kappa shape index (κ1) is 25.3. The van der Waals surface area contributed by atoms with Crippen molar-refractivity contribution in [2.75, 3.05) is 11.9 Å². The molecule has 3 aromatic rings. The summed E-state index contributed by atoms with van der Waals surface area (Å²) in [5.41, 5.74) is 1.50. The maximum Gasteiger partial charge on any atom is 0.243 e. The van der Waals surface area contributed by atoms with Crippen molar-refractivity contribution in [3.8, 4) is 11.4 Å². The number of rotatable bonds is 9. The third kappa shape index (κ3) is 5.96. The summed E-state index contributed by atoms with van der Waals surface area (Å²) in [7, 11) is 0. The summed E-state index contributed by atoms with van der Waals surface area (Å²) in [5, 5.41) is 13.1. The van der Waals surface area contributed by atoms with Crippen molar-refractivity contribution in [1.29, 1.82) is 0 Å². The van der Waals surface area contributed by atoms with Crippen LogP contribution in [-0.4, -0.2) is 38.4 Å². The maximum absolute atomic E-state index is 13.7. The number of carbonyl (C=O) groups is 2. The first-order valence-corrected chi connectivity index (χ1v) is 11.5. The van der Waals surface area contributed by atoms with E-state index in [0.717, 1.165) is 23.6 Å². The third-order valence-electron chi connectivity index (χ3n) is 4.82. The maximum atomic E-state index is 13.7. The van der Waals surface area contributed by atoms with Crippen LogP contribution >= 0.6 is 11.8 Å². The molecule has 2 N–H and O–H groups in total. The number of halogens is 3. The van der Waals surface area contributed by atoms with Crippen LogP contribution in [0.2, 0.25) is 0 Å². The van der Waals surface area contributed by atoms with Gasteiger partial charge in [-0.15, -0.1) is 10.2 Å². The molecule has 1 atom stereocenters. The highest BCUT2D eigenvalue weighted by atomic mass is 32.2. The number of aromatic nitrogens is 3. The van der Waals surface area contributed by atoms with Gasteiger partial charge >= 0.3 is 0 Å². The van der Waals surface area contributed by atoms with E-state index in [1.54, 1.807) is 6.92 Å². The van der Waals surface area contributed by atoms with E-state index in [1.165, 1.54) is 11.8 Å². The Kier molecular flexibility index (Phi) is 8.32. The van der Waals surface area contributed by atoms with Crippen LogP contribution in [0.3, 0.4) is 0 Å². The summed E-state index contributed by atoms with van der Waals surface area (Å²) >= 11 is 1.19. The zero-order chi connectivity index (χ0) is 24.8. The average molecular weight is 492 g/mol. The third-order valence-corrected chi connectivity index (χ3v) is 5.90. The highest BCUT2D eigenvalue weighted by molar-refractivity contribution is 8.00. The van der Waals surface area contributed by atoms with Crippen molar-refractivity contribution in [3.05, 3.63) is 59.4 Å². The molecule has 1 heterocycles.